The monoisotopic (exact) mass is 277 g/mol. The van der Waals surface area contributed by atoms with E-state index < -0.39 is 0 Å². The summed E-state index contributed by atoms with van der Waals surface area (Å²) >= 11 is 0. The van der Waals surface area contributed by atoms with Crippen molar-refractivity contribution in [3.63, 3.8) is 0 Å². The fraction of sp³-hybridized carbons (Fsp3) is 0.647. The van der Waals surface area contributed by atoms with Crippen LogP contribution < -0.4 is 10.1 Å². The second-order valence-electron chi connectivity index (χ2n) is 6.00. The van der Waals surface area contributed by atoms with Crippen LogP contribution in [0.5, 0.6) is 11.5 Å². The quantitative estimate of drug-likeness (QED) is 0.854. The molecule has 1 aliphatic rings. The molecule has 3 heteroatoms. The van der Waals surface area contributed by atoms with Gasteiger partial charge in [-0.2, -0.15) is 0 Å². The van der Waals surface area contributed by atoms with Crippen molar-refractivity contribution in [2.24, 2.45) is 5.92 Å². The average Bonchev–Trinajstić information content (AvgIpc) is 2.47. The van der Waals surface area contributed by atoms with Crippen molar-refractivity contribution >= 4 is 0 Å². The van der Waals surface area contributed by atoms with Gasteiger partial charge >= 0.3 is 0 Å². The SMILES string of the molecule is COc1ccc(C(C)NC(C)C2CCCCC2)c(O)c1. The molecular formula is C17H27NO2. The first-order chi connectivity index (χ1) is 9.61. The zero-order chi connectivity index (χ0) is 14.5. The molecule has 0 saturated heterocycles. The highest BCUT2D eigenvalue weighted by atomic mass is 16.5. The van der Waals surface area contributed by atoms with Crippen molar-refractivity contribution in [1.82, 2.24) is 5.32 Å². The first-order valence-corrected chi connectivity index (χ1v) is 7.74. The number of methoxy groups -OCH3 is 1. The van der Waals surface area contributed by atoms with Crippen LogP contribution in [-0.4, -0.2) is 18.3 Å². The molecule has 112 valence electrons. The third-order valence-electron chi connectivity index (χ3n) is 4.57. The first kappa shape index (κ1) is 15.2. The van der Waals surface area contributed by atoms with Crippen molar-refractivity contribution in [2.75, 3.05) is 7.11 Å². The van der Waals surface area contributed by atoms with Crippen LogP contribution in [0.2, 0.25) is 0 Å². The molecule has 1 fully saturated rings. The van der Waals surface area contributed by atoms with Crippen LogP contribution in [0.15, 0.2) is 18.2 Å². The predicted octanol–water partition coefficient (Wildman–Crippen LogP) is 4.02. The highest BCUT2D eigenvalue weighted by Crippen LogP contribution is 2.31. The Labute approximate surface area is 122 Å². The van der Waals surface area contributed by atoms with Crippen molar-refractivity contribution in [1.29, 1.82) is 0 Å². The van der Waals surface area contributed by atoms with Crippen LogP contribution in [-0.2, 0) is 0 Å². The van der Waals surface area contributed by atoms with E-state index in [-0.39, 0.29) is 6.04 Å². The van der Waals surface area contributed by atoms with Gasteiger partial charge in [-0.25, -0.2) is 0 Å². The fourth-order valence-corrected chi connectivity index (χ4v) is 3.27. The van der Waals surface area contributed by atoms with Crippen molar-refractivity contribution < 1.29 is 9.84 Å². The number of ether oxygens (including phenoxy) is 1. The first-order valence-electron chi connectivity index (χ1n) is 7.74. The van der Waals surface area contributed by atoms with Gasteiger partial charge in [-0.05, 0) is 38.7 Å². The Balaban J connectivity index is 1.98. The molecule has 1 aliphatic carbocycles. The summed E-state index contributed by atoms with van der Waals surface area (Å²) in [5, 5.41) is 13.7. The molecule has 0 amide bonds. The minimum absolute atomic E-state index is 0.151. The topological polar surface area (TPSA) is 41.5 Å². The highest BCUT2D eigenvalue weighted by molar-refractivity contribution is 5.41. The summed E-state index contributed by atoms with van der Waals surface area (Å²) in [7, 11) is 1.61. The van der Waals surface area contributed by atoms with Gasteiger partial charge in [-0.1, -0.05) is 25.3 Å². The number of benzene rings is 1. The zero-order valence-corrected chi connectivity index (χ0v) is 12.9. The van der Waals surface area contributed by atoms with Crippen LogP contribution >= 0.6 is 0 Å². The molecule has 1 saturated carbocycles. The van der Waals surface area contributed by atoms with Gasteiger partial charge in [0.05, 0.1) is 7.11 Å². The molecule has 1 aromatic rings. The lowest BCUT2D eigenvalue weighted by Crippen LogP contribution is -2.36. The largest absolute Gasteiger partial charge is 0.507 e. The second kappa shape index (κ2) is 6.98. The van der Waals surface area contributed by atoms with Crippen LogP contribution in [0.3, 0.4) is 0 Å². The molecule has 0 radical (unpaired) electrons. The van der Waals surface area contributed by atoms with E-state index in [1.54, 1.807) is 13.2 Å². The van der Waals surface area contributed by atoms with E-state index in [9.17, 15) is 5.11 Å². The minimum Gasteiger partial charge on any atom is -0.507 e. The van der Waals surface area contributed by atoms with Crippen LogP contribution in [0, 0.1) is 5.92 Å². The van der Waals surface area contributed by atoms with E-state index >= 15 is 0 Å². The number of phenolic OH excluding ortho intramolecular Hbond substituents is 1. The molecule has 0 heterocycles. The Morgan fingerprint density at radius 2 is 1.90 bits per heavy atom. The molecule has 2 atom stereocenters. The second-order valence-corrected chi connectivity index (χ2v) is 6.00. The molecular weight excluding hydrogens is 250 g/mol. The summed E-state index contributed by atoms with van der Waals surface area (Å²) in [5.41, 5.74) is 0.938. The number of phenols is 1. The smallest absolute Gasteiger partial charge is 0.124 e. The van der Waals surface area contributed by atoms with Gasteiger partial charge in [0.15, 0.2) is 0 Å². The number of hydrogen-bond donors (Lipinski definition) is 2. The maximum absolute atomic E-state index is 10.1. The molecule has 2 N–H and O–H groups in total. The standard InChI is InChI=1S/C17H27NO2/c1-12(14-7-5-4-6-8-14)18-13(2)16-10-9-15(20-3)11-17(16)19/h9-14,18-19H,4-8H2,1-3H3. The lowest BCUT2D eigenvalue weighted by Gasteiger charge is -2.31. The van der Waals surface area contributed by atoms with Crippen LogP contribution in [0.4, 0.5) is 0 Å². The summed E-state index contributed by atoms with van der Waals surface area (Å²) in [4.78, 5) is 0. The summed E-state index contributed by atoms with van der Waals surface area (Å²) < 4.78 is 5.13. The van der Waals surface area contributed by atoms with E-state index in [1.807, 2.05) is 12.1 Å². The molecule has 1 aromatic carbocycles. The number of aromatic hydroxyl groups is 1. The van der Waals surface area contributed by atoms with Crippen LogP contribution in [0.1, 0.15) is 57.6 Å². The molecule has 0 aliphatic heterocycles. The summed E-state index contributed by atoms with van der Waals surface area (Å²) in [6.07, 6.45) is 6.76. The van der Waals surface area contributed by atoms with Gasteiger partial charge in [0.1, 0.15) is 11.5 Å². The lowest BCUT2D eigenvalue weighted by molar-refractivity contribution is 0.267. The Kier molecular flexibility index (Phi) is 5.30. The number of nitrogens with one attached hydrogen (secondary N) is 1. The van der Waals surface area contributed by atoms with Gasteiger partial charge in [0.2, 0.25) is 0 Å². The van der Waals surface area contributed by atoms with Gasteiger partial charge in [-0.3, -0.25) is 0 Å². The molecule has 3 nitrogen and oxygen atoms in total. The van der Waals surface area contributed by atoms with E-state index in [1.165, 1.54) is 32.1 Å². The van der Waals surface area contributed by atoms with Gasteiger partial charge in [0, 0.05) is 23.7 Å². The van der Waals surface area contributed by atoms with Crippen molar-refractivity contribution in [3.8, 4) is 11.5 Å². The molecule has 0 spiro atoms. The number of hydrogen-bond acceptors (Lipinski definition) is 3. The molecule has 0 aromatic heterocycles. The highest BCUT2D eigenvalue weighted by Gasteiger charge is 2.22. The lowest BCUT2D eigenvalue weighted by atomic mass is 9.84. The van der Waals surface area contributed by atoms with E-state index in [4.69, 9.17) is 4.74 Å². The third kappa shape index (κ3) is 3.66. The van der Waals surface area contributed by atoms with Gasteiger partial charge in [0.25, 0.3) is 0 Å². The normalized spacial score (nSPS) is 19.6. The summed E-state index contributed by atoms with van der Waals surface area (Å²) in [6, 6.07) is 6.17. The van der Waals surface area contributed by atoms with Gasteiger partial charge < -0.3 is 15.2 Å². The number of rotatable bonds is 5. The Hall–Kier alpha value is -1.22. The van der Waals surface area contributed by atoms with E-state index in [0.717, 1.165) is 11.5 Å². The summed E-state index contributed by atoms with van der Waals surface area (Å²) in [5.74, 6) is 1.77. The Bertz CT molecular complexity index is 427. The molecule has 2 rings (SSSR count). The maximum Gasteiger partial charge on any atom is 0.124 e. The molecule has 0 bridgehead atoms. The predicted molar refractivity (Wildman–Crippen MR) is 82.2 cm³/mol. The minimum atomic E-state index is 0.151. The van der Waals surface area contributed by atoms with Crippen LogP contribution in [0.25, 0.3) is 0 Å². The van der Waals surface area contributed by atoms with E-state index in [2.05, 4.69) is 19.2 Å². The maximum atomic E-state index is 10.1. The fourth-order valence-electron chi connectivity index (χ4n) is 3.27. The molecule has 20 heavy (non-hydrogen) atoms. The Morgan fingerprint density at radius 3 is 2.50 bits per heavy atom. The van der Waals surface area contributed by atoms with Gasteiger partial charge in [-0.15, -0.1) is 0 Å². The van der Waals surface area contributed by atoms with Crippen molar-refractivity contribution in [3.05, 3.63) is 23.8 Å². The molecule has 2 unspecified atom stereocenters. The average molecular weight is 277 g/mol. The van der Waals surface area contributed by atoms with Crippen molar-refractivity contribution in [2.45, 2.75) is 58.0 Å². The zero-order valence-electron chi connectivity index (χ0n) is 12.9. The third-order valence-corrected chi connectivity index (χ3v) is 4.57. The summed E-state index contributed by atoms with van der Waals surface area (Å²) in [6.45, 7) is 4.38. The van der Waals surface area contributed by atoms with E-state index in [0.29, 0.717) is 17.5 Å². The Morgan fingerprint density at radius 1 is 1.20 bits per heavy atom.